The van der Waals surface area contributed by atoms with Crippen molar-refractivity contribution in [3.05, 3.63) is 64.8 Å². The summed E-state index contributed by atoms with van der Waals surface area (Å²) in [7, 11) is -3.65. The number of benzene rings is 2. The summed E-state index contributed by atoms with van der Waals surface area (Å²) in [5.41, 5.74) is 5.20. The number of aromatic amines is 1. The molecule has 3 rings (SSSR count). The average Bonchev–Trinajstić information content (AvgIpc) is 2.82. The van der Waals surface area contributed by atoms with E-state index < -0.39 is 10.0 Å². The van der Waals surface area contributed by atoms with Gasteiger partial charge in [0.2, 0.25) is 0 Å². The van der Waals surface area contributed by atoms with Crippen molar-refractivity contribution in [2.24, 2.45) is 5.10 Å². The zero-order valence-corrected chi connectivity index (χ0v) is 14.6. The van der Waals surface area contributed by atoms with Crippen molar-refractivity contribution in [1.82, 2.24) is 9.82 Å². The second-order valence-electron chi connectivity index (χ2n) is 5.85. The van der Waals surface area contributed by atoms with Gasteiger partial charge in [0.1, 0.15) is 0 Å². The molecule has 1 heterocycles. The van der Waals surface area contributed by atoms with Crippen molar-refractivity contribution in [2.45, 2.75) is 25.7 Å². The number of hydrazone groups is 1. The van der Waals surface area contributed by atoms with Gasteiger partial charge in [-0.05, 0) is 56.2 Å². The van der Waals surface area contributed by atoms with Crippen molar-refractivity contribution in [1.29, 1.82) is 0 Å². The van der Waals surface area contributed by atoms with E-state index in [2.05, 4.69) is 21.8 Å². The van der Waals surface area contributed by atoms with Crippen LogP contribution in [0, 0.1) is 20.8 Å². The SMILES string of the molecule is Cc1ccc(S(=O)(=O)NN=Cc2ccc3[nH]c(C)c(C)c3c2)cc1. The van der Waals surface area contributed by atoms with E-state index in [9.17, 15) is 8.42 Å². The molecule has 0 aliphatic heterocycles. The van der Waals surface area contributed by atoms with Gasteiger partial charge < -0.3 is 4.98 Å². The first kappa shape index (κ1) is 16.3. The molecule has 0 radical (unpaired) electrons. The zero-order valence-electron chi connectivity index (χ0n) is 13.8. The molecule has 1 aromatic heterocycles. The Labute approximate surface area is 141 Å². The number of rotatable bonds is 4. The third-order valence-corrected chi connectivity index (χ3v) is 5.29. The topological polar surface area (TPSA) is 74.3 Å². The third kappa shape index (κ3) is 3.19. The van der Waals surface area contributed by atoms with Gasteiger partial charge in [-0.15, -0.1) is 0 Å². The summed E-state index contributed by atoms with van der Waals surface area (Å²) < 4.78 is 24.3. The highest BCUT2D eigenvalue weighted by atomic mass is 32.2. The van der Waals surface area contributed by atoms with E-state index in [4.69, 9.17) is 0 Å². The average molecular weight is 341 g/mol. The van der Waals surface area contributed by atoms with Crippen LogP contribution < -0.4 is 4.83 Å². The van der Waals surface area contributed by atoms with E-state index in [0.717, 1.165) is 27.7 Å². The minimum absolute atomic E-state index is 0.192. The first-order chi connectivity index (χ1) is 11.4. The molecule has 3 aromatic rings. The van der Waals surface area contributed by atoms with Crippen molar-refractivity contribution in [3.63, 3.8) is 0 Å². The largest absolute Gasteiger partial charge is 0.358 e. The number of aromatic nitrogens is 1. The normalized spacial score (nSPS) is 12.1. The standard InChI is InChI=1S/C18H19N3O2S/c1-12-4-7-16(8-5-12)24(22,23)21-19-11-15-6-9-18-17(10-15)13(2)14(3)20-18/h4-11,20-21H,1-3H3. The molecule has 0 saturated heterocycles. The van der Waals surface area contributed by atoms with Gasteiger partial charge >= 0.3 is 0 Å². The Morgan fingerprint density at radius 2 is 1.75 bits per heavy atom. The van der Waals surface area contributed by atoms with Crippen LogP contribution >= 0.6 is 0 Å². The highest BCUT2D eigenvalue weighted by Crippen LogP contribution is 2.21. The molecule has 6 heteroatoms. The van der Waals surface area contributed by atoms with Crippen molar-refractivity contribution in [2.75, 3.05) is 0 Å². The number of hydrogen-bond acceptors (Lipinski definition) is 3. The third-order valence-electron chi connectivity index (χ3n) is 4.05. The minimum Gasteiger partial charge on any atom is -0.358 e. The molecule has 0 aliphatic rings. The Morgan fingerprint density at radius 1 is 1.04 bits per heavy atom. The second kappa shape index (κ2) is 6.13. The molecule has 0 spiro atoms. The smallest absolute Gasteiger partial charge is 0.276 e. The summed E-state index contributed by atoms with van der Waals surface area (Å²) in [6, 6.07) is 12.5. The summed E-state index contributed by atoms with van der Waals surface area (Å²) in [6.07, 6.45) is 1.51. The molecule has 2 aromatic carbocycles. The molecule has 0 fully saturated rings. The first-order valence-corrected chi connectivity index (χ1v) is 9.05. The Morgan fingerprint density at radius 3 is 2.46 bits per heavy atom. The molecule has 2 N–H and O–H groups in total. The summed E-state index contributed by atoms with van der Waals surface area (Å²) in [6.45, 7) is 5.98. The van der Waals surface area contributed by atoms with Crippen molar-refractivity contribution >= 4 is 27.1 Å². The highest BCUT2D eigenvalue weighted by molar-refractivity contribution is 7.89. The Balaban J connectivity index is 1.81. The molecule has 0 atom stereocenters. The van der Waals surface area contributed by atoms with Gasteiger partial charge in [0.15, 0.2) is 0 Å². The summed E-state index contributed by atoms with van der Waals surface area (Å²) in [5.74, 6) is 0. The van der Waals surface area contributed by atoms with Crippen LogP contribution in [-0.2, 0) is 10.0 Å². The Hall–Kier alpha value is -2.60. The first-order valence-electron chi connectivity index (χ1n) is 7.57. The number of H-pyrrole nitrogens is 1. The lowest BCUT2D eigenvalue weighted by Gasteiger charge is -2.03. The Bertz CT molecular complexity index is 1020. The fourth-order valence-corrected chi connectivity index (χ4v) is 3.29. The summed E-state index contributed by atoms with van der Waals surface area (Å²) in [5, 5.41) is 4.99. The molecule has 0 amide bonds. The van der Waals surface area contributed by atoms with Crippen LogP contribution in [0.25, 0.3) is 10.9 Å². The van der Waals surface area contributed by atoms with Crippen LogP contribution in [0.5, 0.6) is 0 Å². The van der Waals surface area contributed by atoms with Gasteiger partial charge in [0.05, 0.1) is 11.1 Å². The summed E-state index contributed by atoms with van der Waals surface area (Å²) in [4.78, 5) is 5.74. The number of fused-ring (bicyclic) bond motifs is 1. The monoisotopic (exact) mass is 341 g/mol. The lowest BCUT2D eigenvalue weighted by Crippen LogP contribution is -2.18. The minimum atomic E-state index is -3.65. The van der Waals surface area contributed by atoms with Gasteiger partial charge in [0.25, 0.3) is 10.0 Å². The quantitative estimate of drug-likeness (QED) is 0.564. The molecule has 0 unspecified atom stereocenters. The molecule has 5 nitrogen and oxygen atoms in total. The highest BCUT2D eigenvalue weighted by Gasteiger charge is 2.11. The predicted octanol–water partition coefficient (Wildman–Crippen LogP) is 3.41. The fourth-order valence-electron chi connectivity index (χ4n) is 2.50. The fraction of sp³-hybridized carbons (Fsp3) is 0.167. The number of hydrogen-bond donors (Lipinski definition) is 2. The van der Waals surface area contributed by atoms with Crippen LogP contribution in [0.1, 0.15) is 22.4 Å². The number of nitrogens with zero attached hydrogens (tertiary/aromatic N) is 1. The van der Waals surface area contributed by atoms with E-state index in [1.807, 2.05) is 32.0 Å². The molecule has 124 valence electrons. The van der Waals surface area contributed by atoms with Gasteiger partial charge in [-0.2, -0.15) is 13.5 Å². The van der Waals surface area contributed by atoms with Crippen LogP contribution in [0.15, 0.2) is 52.5 Å². The van der Waals surface area contributed by atoms with E-state index in [-0.39, 0.29) is 4.90 Å². The predicted molar refractivity (Wildman–Crippen MR) is 96.9 cm³/mol. The Kier molecular flexibility index (Phi) is 4.15. The molecular formula is C18H19N3O2S. The maximum absolute atomic E-state index is 12.2. The van der Waals surface area contributed by atoms with E-state index in [1.165, 1.54) is 11.8 Å². The molecule has 24 heavy (non-hydrogen) atoms. The van der Waals surface area contributed by atoms with Crippen molar-refractivity contribution < 1.29 is 8.42 Å². The van der Waals surface area contributed by atoms with Gasteiger partial charge in [-0.3, -0.25) is 0 Å². The van der Waals surface area contributed by atoms with Crippen LogP contribution in [-0.4, -0.2) is 19.6 Å². The molecule has 0 saturated carbocycles. The van der Waals surface area contributed by atoms with Crippen LogP contribution in [0.2, 0.25) is 0 Å². The molecular weight excluding hydrogens is 322 g/mol. The second-order valence-corrected chi connectivity index (χ2v) is 7.51. The van der Waals surface area contributed by atoms with Gasteiger partial charge in [-0.1, -0.05) is 23.8 Å². The van der Waals surface area contributed by atoms with Crippen LogP contribution in [0.3, 0.4) is 0 Å². The summed E-state index contributed by atoms with van der Waals surface area (Å²) >= 11 is 0. The van der Waals surface area contributed by atoms with E-state index in [1.54, 1.807) is 24.3 Å². The number of sulfonamides is 1. The maximum Gasteiger partial charge on any atom is 0.276 e. The van der Waals surface area contributed by atoms with Crippen LogP contribution in [0.4, 0.5) is 0 Å². The van der Waals surface area contributed by atoms with Gasteiger partial charge in [-0.25, -0.2) is 4.83 Å². The molecule has 0 aliphatic carbocycles. The van der Waals surface area contributed by atoms with E-state index >= 15 is 0 Å². The van der Waals surface area contributed by atoms with E-state index in [0.29, 0.717) is 0 Å². The maximum atomic E-state index is 12.2. The van der Waals surface area contributed by atoms with Gasteiger partial charge in [0, 0.05) is 16.6 Å². The number of aryl methyl sites for hydroxylation is 3. The van der Waals surface area contributed by atoms with Crippen molar-refractivity contribution in [3.8, 4) is 0 Å². The molecule has 0 bridgehead atoms. The number of nitrogens with one attached hydrogen (secondary N) is 2. The lowest BCUT2D eigenvalue weighted by atomic mass is 10.1. The zero-order chi connectivity index (χ0) is 17.3. The lowest BCUT2D eigenvalue weighted by molar-refractivity contribution is 0.584.